The summed E-state index contributed by atoms with van der Waals surface area (Å²) in [5.74, 6) is 0.556. The molecule has 0 heterocycles. The van der Waals surface area contributed by atoms with Crippen molar-refractivity contribution in [2.24, 2.45) is 17.1 Å². The van der Waals surface area contributed by atoms with E-state index in [-0.39, 0.29) is 5.91 Å². The number of benzene rings is 1. The maximum absolute atomic E-state index is 12.1. The maximum Gasteiger partial charge on any atom is 0.251 e. The molecule has 3 N–H and O–H groups in total. The van der Waals surface area contributed by atoms with Crippen molar-refractivity contribution in [3.8, 4) is 0 Å². The van der Waals surface area contributed by atoms with Gasteiger partial charge in [0.05, 0.1) is 0 Å². The highest BCUT2D eigenvalue weighted by Crippen LogP contribution is 2.51. The molecule has 0 radical (unpaired) electrons. The lowest BCUT2D eigenvalue weighted by atomic mass is 9.92. The Bertz CT molecular complexity index is 507. The van der Waals surface area contributed by atoms with Gasteiger partial charge in [-0.2, -0.15) is 0 Å². The number of nitrogens with one attached hydrogen (secondary N) is 1. The molecule has 0 aromatic heterocycles. The predicted octanol–water partition coefficient (Wildman–Crippen LogP) is 2.49. The molecule has 1 aliphatic carbocycles. The second kappa shape index (κ2) is 5.29. The number of carbonyl (C=O) groups excluding carboxylic acids is 1. The molecule has 1 amide bonds. The molecule has 0 aliphatic heterocycles. The summed E-state index contributed by atoms with van der Waals surface area (Å²) in [4.78, 5) is 12.4. The molecule has 0 unspecified atom stereocenters. The predicted molar refractivity (Wildman–Crippen MR) is 81.2 cm³/mol. The first kappa shape index (κ1) is 14.0. The second-order valence-corrected chi connectivity index (χ2v) is 6.08. The second-order valence-electron chi connectivity index (χ2n) is 5.64. The topological polar surface area (TPSA) is 55.1 Å². The largest absolute Gasteiger partial charge is 0.389 e. The summed E-state index contributed by atoms with van der Waals surface area (Å²) in [5.41, 5.74) is 7.24. The van der Waals surface area contributed by atoms with Crippen LogP contribution >= 0.6 is 12.2 Å². The van der Waals surface area contributed by atoms with Crippen LogP contribution in [0.2, 0.25) is 0 Å². The molecule has 1 aromatic carbocycles. The highest BCUT2D eigenvalue weighted by molar-refractivity contribution is 7.80. The van der Waals surface area contributed by atoms with Crippen molar-refractivity contribution >= 4 is 23.1 Å². The minimum Gasteiger partial charge on any atom is -0.389 e. The Hall–Kier alpha value is -1.42. The fourth-order valence-corrected chi connectivity index (χ4v) is 2.42. The number of hydrogen-bond acceptors (Lipinski definition) is 2. The third-order valence-corrected chi connectivity index (χ3v) is 4.36. The Morgan fingerprint density at radius 3 is 2.58 bits per heavy atom. The SMILES string of the molecule is CC(C)C1(CNC(=O)c2cccc(C(N)=S)c2)CC1. The molecule has 2 rings (SSSR count). The summed E-state index contributed by atoms with van der Waals surface area (Å²) in [6.07, 6.45) is 2.41. The van der Waals surface area contributed by atoms with Gasteiger partial charge in [-0.25, -0.2) is 0 Å². The van der Waals surface area contributed by atoms with E-state index in [9.17, 15) is 4.79 Å². The lowest BCUT2D eigenvalue weighted by Gasteiger charge is -2.20. The minimum absolute atomic E-state index is 0.0509. The normalized spacial score (nSPS) is 16.2. The summed E-state index contributed by atoms with van der Waals surface area (Å²) in [7, 11) is 0. The fraction of sp³-hybridized carbons (Fsp3) is 0.467. The Morgan fingerprint density at radius 1 is 1.42 bits per heavy atom. The molecule has 1 saturated carbocycles. The van der Waals surface area contributed by atoms with Crippen molar-refractivity contribution < 1.29 is 4.79 Å². The Kier molecular flexibility index (Phi) is 3.90. The van der Waals surface area contributed by atoms with Crippen molar-refractivity contribution in [2.45, 2.75) is 26.7 Å². The Balaban J connectivity index is 2.00. The van der Waals surface area contributed by atoms with Gasteiger partial charge in [-0.3, -0.25) is 4.79 Å². The van der Waals surface area contributed by atoms with E-state index in [1.165, 1.54) is 12.8 Å². The quantitative estimate of drug-likeness (QED) is 0.812. The van der Waals surface area contributed by atoms with Crippen molar-refractivity contribution in [1.29, 1.82) is 0 Å². The summed E-state index contributed by atoms with van der Waals surface area (Å²) in [6.45, 7) is 5.18. The average Bonchev–Trinajstić information content (AvgIpc) is 3.17. The molecule has 19 heavy (non-hydrogen) atoms. The maximum atomic E-state index is 12.1. The molecule has 102 valence electrons. The van der Waals surface area contributed by atoms with Crippen LogP contribution in [0, 0.1) is 11.3 Å². The van der Waals surface area contributed by atoms with Crippen LogP contribution in [0.3, 0.4) is 0 Å². The van der Waals surface area contributed by atoms with Gasteiger partial charge in [-0.05, 0) is 36.3 Å². The van der Waals surface area contributed by atoms with Crippen molar-refractivity contribution in [2.75, 3.05) is 6.54 Å². The van der Waals surface area contributed by atoms with Crippen molar-refractivity contribution in [3.63, 3.8) is 0 Å². The van der Waals surface area contributed by atoms with Crippen LogP contribution in [0.5, 0.6) is 0 Å². The van der Waals surface area contributed by atoms with E-state index in [1.807, 2.05) is 6.07 Å². The van der Waals surface area contributed by atoms with E-state index < -0.39 is 0 Å². The smallest absolute Gasteiger partial charge is 0.251 e. The van der Waals surface area contributed by atoms with Gasteiger partial charge in [0.15, 0.2) is 0 Å². The molecule has 1 aliphatic rings. The number of thiocarbonyl (C=S) groups is 1. The van der Waals surface area contributed by atoms with Gasteiger partial charge in [-0.15, -0.1) is 0 Å². The summed E-state index contributed by atoms with van der Waals surface area (Å²) in [5, 5.41) is 3.03. The number of carbonyl (C=O) groups is 1. The van der Waals surface area contributed by atoms with Gasteiger partial charge in [0, 0.05) is 17.7 Å². The number of nitrogens with two attached hydrogens (primary N) is 1. The third kappa shape index (κ3) is 3.13. The number of amides is 1. The first-order chi connectivity index (χ1) is 8.94. The van der Waals surface area contributed by atoms with Gasteiger partial charge in [0.25, 0.3) is 5.91 Å². The summed E-state index contributed by atoms with van der Waals surface area (Å²) in [6, 6.07) is 7.15. The Morgan fingerprint density at radius 2 is 2.05 bits per heavy atom. The van der Waals surface area contributed by atoms with Crippen molar-refractivity contribution in [3.05, 3.63) is 35.4 Å². The van der Waals surface area contributed by atoms with Crippen molar-refractivity contribution in [1.82, 2.24) is 5.32 Å². The summed E-state index contributed by atoms with van der Waals surface area (Å²) >= 11 is 4.92. The van der Waals surface area contributed by atoms with Gasteiger partial charge < -0.3 is 11.1 Å². The molecular formula is C15H20N2OS. The van der Waals surface area contributed by atoms with Crippen LogP contribution in [-0.4, -0.2) is 17.4 Å². The average molecular weight is 276 g/mol. The van der Waals surface area contributed by atoms with Gasteiger partial charge >= 0.3 is 0 Å². The lowest BCUT2D eigenvalue weighted by molar-refractivity contribution is 0.0939. The van der Waals surface area contributed by atoms with E-state index in [4.69, 9.17) is 18.0 Å². The van der Waals surface area contributed by atoms with Crippen LogP contribution in [0.4, 0.5) is 0 Å². The molecule has 1 aromatic rings. The minimum atomic E-state index is -0.0509. The molecule has 0 spiro atoms. The highest BCUT2D eigenvalue weighted by atomic mass is 32.1. The van der Waals surface area contributed by atoms with E-state index in [2.05, 4.69) is 19.2 Å². The molecule has 0 saturated heterocycles. The highest BCUT2D eigenvalue weighted by Gasteiger charge is 2.45. The van der Waals surface area contributed by atoms with E-state index >= 15 is 0 Å². The number of rotatable bonds is 5. The third-order valence-electron chi connectivity index (χ3n) is 4.13. The molecule has 3 nitrogen and oxygen atoms in total. The monoisotopic (exact) mass is 276 g/mol. The van der Waals surface area contributed by atoms with Gasteiger partial charge in [0.1, 0.15) is 4.99 Å². The lowest BCUT2D eigenvalue weighted by Crippen LogP contribution is -2.32. The van der Waals surface area contributed by atoms with Crippen LogP contribution in [0.1, 0.15) is 42.6 Å². The Labute approximate surface area is 119 Å². The fourth-order valence-electron chi connectivity index (χ4n) is 2.29. The molecular weight excluding hydrogens is 256 g/mol. The molecule has 0 atom stereocenters. The van der Waals surface area contributed by atoms with E-state index in [0.717, 1.165) is 12.1 Å². The first-order valence-electron chi connectivity index (χ1n) is 6.63. The van der Waals surface area contributed by atoms with Gasteiger partial charge in [0.2, 0.25) is 0 Å². The zero-order chi connectivity index (χ0) is 14.0. The molecule has 4 heteroatoms. The zero-order valence-electron chi connectivity index (χ0n) is 11.4. The summed E-state index contributed by atoms with van der Waals surface area (Å²) < 4.78 is 0. The van der Waals surface area contributed by atoms with E-state index in [1.54, 1.807) is 18.2 Å². The van der Waals surface area contributed by atoms with Crippen LogP contribution in [0.15, 0.2) is 24.3 Å². The number of hydrogen-bond donors (Lipinski definition) is 2. The molecule has 0 bridgehead atoms. The van der Waals surface area contributed by atoms with Crippen LogP contribution in [-0.2, 0) is 0 Å². The van der Waals surface area contributed by atoms with Gasteiger partial charge in [-0.1, -0.05) is 38.2 Å². The van der Waals surface area contributed by atoms with E-state index in [0.29, 0.717) is 21.9 Å². The zero-order valence-corrected chi connectivity index (χ0v) is 12.2. The first-order valence-corrected chi connectivity index (χ1v) is 7.03. The van der Waals surface area contributed by atoms with Crippen LogP contribution in [0.25, 0.3) is 0 Å². The van der Waals surface area contributed by atoms with Crippen LogP contribution < -0.4 is 11.1 Å². The standard InChI is InChI=1S/C15H20N2OS/c1-10(2)15(6-7-15)9-17-14(18)12-5-3-4-11(8-12)13(16)19/h3-5,8,10H,6-7,9H2,1-2H3,(H2,16,19)(H,17,18). The molecule has 1 fully saturated rings.